The van der Waals surface area contributed by atoms with E-state index in [1.165, 1.54) is 17.7 Å². The first kappa shape index (κ1) is 16.0. The average molecular weight is 263 g/mol. The molecule has 1 N–H and O–H groups in total. The summed E-state index contributed by atoms with van der Waals surface area (Å²) >= 11 is 0. The number of anilines is 1. The second-order valence-electron chi connectivity index (χ2n) is 4.93. The number of nitrogens with zero attached hydrogens (tertiary/aromatic N) is 2. The number of aromatic nitrogens is 1. The van der Waals surface area contributed by atoms with E-state index in [-0.39, 0.29) is 0 Å². The summed E-state index contributed by atoms with van der Waals surface area (Å²) in [6.45, 7) is 12.9. The Morgan fingerprint density at radius 3 is 2.47 bits per heavy atom. The van der Waals surface area contributed by atoms with Gasteiger partial charge in [-0.1, -0.05) is 20.8 Å². The Morgan fingerprint density at radius 2 is 1.89 bits per heavy atom. The van der Waals surface area contributed by atoms with Crippen LogP contribution in [0.25, 0.3) is 0 Å². The number of aryl methyl sites for hydroxylation is 1. The van der Waals surface area contributed by atoms with E-state index < -0.39 is 0 Å². The maximum Gasteiger partial charge on any atom is 0.129 e. The second kappa shape index (κ2) is 8.92. The molecule has 0 atom stereocenters. The van der Waals surface area contributed by atoms with Crippen molar-refractivity contribution in [3.8, 4) is 0 Å². The zero-order chi connectivity index (χ0) is 14.1. The Hall–Kier alpha value is -1.09. The molecule has 0 saturated heterocycles. The molecule has 1 aromatic rings. The lowest BCUT2D eigenvalue weighted by Crippen LogP contribution is -2.25. The Morgan fingerprint density at radius 1 is 1.11 bits per heavy atom. The molecule has 0 aliphatic heterocycles. The first-order chi connectivity index (χ1) is 9.24. The van der Waals surface area contributed by atoms with Gasteiger partial charge in [-0.25, -0.2) is 4.98 Å². The van der Waals surface area contributed by atoms with Crippen LogP contribution in [0.5, 0.6) is 0 Å². The van der Waals surface area contributed by atoms with E-state index in [1.54, 1.807) is 0 Å². The van der Waals surface area contributed by atoms with Gasteiger partial charge >= 0.3 is 0 Å². The van der Waals surface area contributed by atoms with Gasteiger partial charge in [0, 0.05) is 25.3 Å². The molecular weight excluding hydrogens is 234 g/mol. The minimum Gasteiger partial charge on any atom is -0.357 e. The fraction of sp³-hybridized carbons (Fsp3) is 0.688. The highest BCUT2D eigenvalue weighted by molar-refractivity contribution is 5.42. The van der Waals surface area contributed by atoms with Crippen LogP contribution in [0.2, 0.25) is 0 Å². The third-order valence-corrected chi connectivity index (χ3v) is 3.24. The van der Waals surface area contributed by atoms with E-state index in [0.717, 1.165) is 44.8 Å². The zero-order valence-corrected chi connectivity index (χ0v) is 13.0. The van der Waals surface area contributed by atoms with Crippen LogP contribution < -0.4 is 10.2 Å². The molecule has 0 spiro atoms. The lowest BCUT2D eigenvalue weighted by atomic mass is 10.2. The van der Waals surface area contributed by atoms with Crippen molar-refractivity contribution in [1.29, 1.82) is 0 Å². The number of rotatable bonds is 9. The van der Waals surface area contributed by atoms with Crippen molar-refractivity contribution in [2.45, 2.75) is 53.5 Å². The maximum atomic E-state index is 4.77. The summed E-state index contributed by atoms with van der Waals surface area (Å²) in [7, 11) is 0. The highest BCUT2D eigenvalue weighted by atomic mass is 15.2. The predicted molar refractivity (Wildman–Crippen MR) is 83.8 cm³/mol. The summed E-state index contributed by atoms with van der Waals surface area (Å²) < 4.78 is 0. The zero-order valence-electron chi connectivity index (χ0n) is 13.0. The van der Waals surface area contributed by atoms with Gasteiger partial charge < -0.3 is 10.2 Å². The molecule has 108 valence electrons. The summed E-state index contributed by atoms with van der Waals surface area (Å²) in [6, 6.07) is 4.47. The minimum atomic E-state index is 0.944. The smallest absolute Gasteiger partial charge is 0.129 e. The molecule has 19 heavy (non-hydrogen) atoms. The van der Waals surface area contributed by atoms with Crippen molar-refractivity contribution < 1.29 is 0 Å². The number of hydrogen-bond donors (Lipinski definition) is 1. The van der Waals surface area contributed by atoms with Crippen molar-refractivity contribution >= 4 is 5.82 Å². The molecule has 0 aliphatic carbocycles. The molecule has 1 rings (SSSR count). The molecule has 3 heteroatoms. The third-order valence-electron chi connectivity index (χ3n) is 3.24. The van der Waals surface area contributed by atoms with Crippen LogP contribution in [0.15, 0.2) is 12.1 Å². The van der Waals surface area contributed by atoms with Gasteiger partial charge in [0.05, 0.1) is 0 Å². The standard InChI is InChI=1S/C16H29N3/c1-5-9-17-13-14-11-15(7-3)18-16(12-14)19(8-4)10-6-2/h11-12,17H,5-10,13H2,1-4H3. The Balaban J connectivity index is 2.87. The van der Waals surface area contributed by atoms with Gasteiger partial charge in [-0.05, 0) is 50.4 Å². The van der Waals surface area contributed by atoms with Crippen molar-refractivity contribution in [3.63, 3.8) is 0 Å². The quantitative estimate of drug-likeness (QED) is 0.692. The second-order valence-corrected chi connectivity index (χ2v) is 4.93. The average Bonchev–Trinajstić information content (AvgIpc) is 2.44. The van der Waals surface area contributed by atoms with Crippen LogP contribution in [-0.2, 0) is 13.0 Å². The van der Waals surface area contributed by atoms with Crippen molar-refractivity contribution in [3.05, 3.63) is 23.4 Å². The van der Waals surface area contributed by atoms with Gasteiger partial charge in [-0.15, -0.1) is 0 Å². The van der Waals surface area contributed by atoms with Crippen molar-refractivity contribution in [2.24, 2.45) is 0 Å². The van der Waals surface area contributed by atoms with E-state index in [0.29, 0.717) is 0 Å². The van der Waals surface area contributed by atoms with Gasteiger partial charge in [0.25, 0.3) is 0 Å². The molecule has 0 radical (unpaired) electrons. The first-order valence-corrected chi connectivity index (χ1v) is 7.70. The van der Waals surface area contributed by atoms with E-state index >= 15 is 0 Å². The molecule has 0 unspecified atom stereocenters. The fourth-order valence-electron chi connectivity index (χ4n) is 2.19. The van der Waals surface area contributed by atoms with Crippen LogP contribution in [0.3, 0.4) is 0 Å². The summed E-state index contributed by atoms with van der Waals surface area (Å²) in [4.78, 5) is 7.13. The molecule has 0 bridgehead atoms. The summed E-state index contributed by atoms with van der Waals surface area (Å²) in [6.07, 6.45) is 3.34. The SMILES string of the molecule is CCCNCc1cc(CC)nc(N(CC)CCC)c1. The number of nitrogens with one attached hydrogen (secondary N) is 1. The number of hydrogen-bond acceptors (Lipinski definition) is 3. The van der Waals surface area contributed by atoms with Gasteiger partial charge in [0.2, 0.25) is 0 Å². The van der Waals surface area contributed by atoms with E-state index in [4.69, 9.17) is 4.98 Å². The lowest BCUT2D eigenvalue weighted by molar-refractivity contribution is 0.673. The molecule has 0 fully saturated rings. The van der Waals surface area contributed by atoms with Crippen LogP contribution in [0.4, 0.5) is 5.82 Å². The predicted octanol–water partition coefficient (Wildman–Crippen LogP) is 3.38. The Kier molecular flexibility index (Phi) is 7.49. The van der Waals surface area contributed by atoms with Gasteiger partial charge in [-0.3, -0.25) is 0 Å². The molecular formula is C16H29N3. The van der Waals surface area contributed by atoms with Crippen molar-refractivity contribution in [2.75, 3.05) is 24.5 Å². The maximum absolute atomic E-state index is 4.77. The van der Waals surface area contributed by atoms with Crippen LogP contribution in [-0.4, -0.2) is 24.6 Å². The van der Waals surface area contributed by atoms with Gasteiger partial charge in [0.1, 0.15) is 5.82 Å². The highest BCUT2D eigenvalue weighted by Crippen LogP contribution is 2.16. The molecule has 0 saturated carbocycles. The van der Waals surface area contributed by atoms with Crippen molar-refractivity contribution in [1.82, 2.24) is 10.3 Å². The first-order valence-electron chi connectivity index (χ1n) is 7.70. The minimum absolute atomic E-state index is 0.944. The molecule has 1 aromatic heterocycles. The van der Waals surface area contributed by atoms with Gasteiger partial charge in [-0.2, -0.15) is 0 Å². The lowest BCUT2D eigenvalue weighted by Gasteiger charge is -2.22. The molecule has 0 amide bonds. The third kappa shape index (κ3) is 5.19. The molecule has 3 nitrogen and oxygen atoms in total. The topological polar surface area (TPSA) is 28.2 Å². The molecule has 1 heterocycles. The largest absolute Gasteiger partial charge is 0.357 e. The van der Waals surface area contributed by atoms with Crippen LogP contribution in [0.1, 0.15) is 51.8 Å². The van der Waals surface area contributed by atoms with Crippen LogP contribution in [0, 0.1) is 0 Å². The van der Waals surface area contributed by atoms with E-state index in [2.05, 4.69) is 50.0 Å². The normalized spacial score (nSPS) is 10.7. The molecule has 0 aliphatic rings. The van der Waals surface area contributed by atoms with E-state index in [9.17, 15) is 0 Å². The Bertz CT molecular complexity index is 363. The highest BCUT2D eigenvalue weighted by Gasteiger charge is 2.08. The summed E-state index contributed by atoms with van der Waals surface area (Å²) in [5.74, 6) is 1.14. The Labute approximate surface area is 118 Å². The number of pyridine rings is 1. The van der Waals surface area contributed by atoms with E-state index in [1.807, 2.05) is 0 Å². The summed E-state index contributed by atoms with van der Waals surface area (Å²) in [5.41, 5.74) is 2.55. The monoisotopic (exact) mass is 263 g/mol. The molecule has 0 aromatic carbocycles. The fourth-order valence-corrected chi connectivity index (χ4v) is 2.19. The van der Waals surface area contributed by atoms with Gasteiger partial charge in [0.15, 0.2) is 0 Å². The van der Waals surface area contributed by atoms with Crippen LogP contribution >= 0.6 is 0 Å². The summed E-state index contributed by atoms with van der Waals surface area (Å²) in [5, 5.41) is 3.47.